The number of benzene rings is 1. The maximum atomic E-state index is 12.7. The van der Waals surface area contributed by atoms with Crippen LogP contribution in [0.4, 0.5) is 0 Å². The molecular formula is C20H29NO5. The van der Waals surface area contributed by atoms with Gasteiger partial charge in [0, 0.05) is 5.56 Å². The molecule has 1 aliphatic carbocycles. The molecule has 0 unspecified atom stereocenters. The molecule has 144 valence electrons. The summed E-state index contributed by atoms with van der Waals surface area (Å²) in [6, 6.07) is 5.08. The van der Waals surface area contributed by atoms with Gasteiger partial charge in [-0.3, -0.25) is 9.59 Å². The molecule has 0 aliphatic heterocycles. The maximum Gasteiger partial charge on any atom is 0.305 e. The Labute approximate surface area is 154 Å². The van der Waals surface area contributed by atoms with Crippen LogP contribution in [0, 0.1) is 0 Å². The Balaban J connectivity index is 2.20. The minimum absolute atomic E-state index is 0.104. The Morgan fingerprint density at radius 1 is 1.19 bits per heavy atom. The van der Waals surface area contributed by atoms with Gasteiger partial charge in [-0.2, -0.15) is 0 Å². The Morgan fingerprint density at radius 2 is 1.85 bits per heavy atom. The van der Waals surface area contributed by atoms with E-state index in [1.165, 1.54) is 0 Å². The van der Waals surface area contributed by atoms with E-state index in [1.807, 2.05) is 13.8 Å². The molecule has 1 fully saturated rings. The molecule has 1 aliphatic rings. The average Bonchev–Trinajstić information content (AvgIpc) is 3.13. The van der Waals surface area contributed by atoms with Gasteiger partial charge in [0.25, 0.3) is 5.91 Å². The van der Waals surface area contributed by atoms with Crippen LogP contribution in [0.5, 0.6) is 11.5 Å². The second-order valence-corrected chi connectivity index (χ2v) is 6.90. The molecule has 26 heavy (non-hydrogen) atoms. The van der Waals surface area contributed by atoms with Crippen molar-refractivity contribution < 1.29 is 24.2 Å². The lowest BCUT2D eigenvalue weighted by molar-refractivity contribution is -0.138. The van der Waals surface area contributed by atoms with Gasteiger partial charge in [-0.15, -0.1) is 0 Å². The van der Waals surface area contributed by atoms with Crippen molar-refractivity contribution in [3.05, 3.63) is 23.8 Å². The van der Waals surface area contributed by atoms with Gasteiger partial charge in [-0.25, -0.2) is 0 Å². The van der Waals surface area contributed by atoms with Gasteiger partial charge in [0.2, 0.25) is 0 Å². The van der Waals surface area contributed by atoms with Crippen molar-refractivity contribution in [3.8, 4) is 11.5 Å². The van der Waals surface area contributed by atoms with Crippen LogP contribution in [0.15, 0.2) is 18.2 Å². The summed E-state index contributed by atoms with van der Waals surface area (Å²) in [4.78, 5) is 23.9. The molecular weight excluding hydrogens is 334 g/mol. The third-order valence-electron chi connectivity index (χ3n) is 5.24. The van der Waals surface area contributed by atoms with Crippen LogP contribution < -0.4 is 14.8 Å². The highest BCUT2D eigenvalue weighted by Gasteiger charge is 2.31. The number of carbonyl (C=O) groups is 2. The van der Waals surface area contributed by atoms with E-state index in [0.717, 1.165) is 25.7 Å². The minimum Gasteiger partial charge on any atom is -0.493 e. The second-order valence-electron chi connectivity index (χ2n) is 6.90. The topological polar surface area (TPSA) is 84.9 Å². The minimum atomic E-state index is -0.922. The second kappa shape index (κ2) is 8.92. The summed E-state index contributed by atoms with van der Waals surface area (Å²) in [6.07, 6.45) is 5.45. The first-order valence-corrected chi connectivity index (χ1v) is 9.32. The van der Waals surface area contributed by atoms with E-state index in [4.69, 9.17) is 9.47 Å². The van der Waals surface area contributed by atoms with Crippen molar-refractivity contribution in [2.45, 2.75) is 70.4 Å². The van der Waals surface area contributed by atoms with Crippen LogP contribution in [0.25, 0.3) is 0 Å². The number of carbonyl (C=O) groups excluding carboxylic acids is 1. The fourth-order valence-electron chi connectivity index (χ4n) is 3.42. The molecule has 0 aromatic heterocycles. The molecule has 1 saturated carbocycles. The van der Waals surface area contributed by atoms with Crippen molar-refractivity contribution in [3.63, 3.8) is 0 Å². The Bertz CT molecular complexity index is 633. The fraction of sp³-hybridized carbons (Fsp3) is 0.600. The lowest BCUT2D eigenvalue weighted by Gasteiger charge is -2.31. The van der Waals surface area contributed by atoms with Crippen LogP contribution in [-0.2, 0) is 4.79 Å². The molecule has 0 radical (unpaired) electrons. The number of amides is 1. The first kappa shape index (κ1) is 20.1. The Hall–Kier alpha value is -2.24. The molecule has 6 heteroatoms. The number of hydrogen-bond donors (Lipinski definition) is 2. The summed E-state index contributed by atoms with van der Waals surface area (Å²) in [5, 5.41) is 12.1. The first-order chi connectivity index (χ1) is 12.4. The van der Waals surface area contributed by atoms with Crippen molar-refractivity contribution in [1.29, 1.82) is 0 Å². The highest BCUT2D eigenvalue weighted by molar-refractivity contribution is 5.95. The van der Waals surface area contributed by atoms with E-state index in [0.29, 0.717) is 29.9 Å². The highest BCUT2D eigenvalue weighted by Crippen LogP contribution is 2.32. The van der Waals surface area contributed by atoms with Crippen LogP contribution in [0.1, 0.15) is 69.2 Å². The number of methoxy groups -OCH3 is 1. The third kappa shape index (κ3) is 4.90. The van der Waals surface area contributed by atoms with E-state index in [2.05, 4.69) is 5.32 Å². The molecule has 0 spiro atoms. The average molecular weight is 363 g/mol. The van der Waals surface area contributed by atoms with E-state index in [1.54, 1.807) is 25.3 Å². The van der Waals surface area contributed by atoms with E-state index in [-0.39, 0.29) is 18.4 Å². The monoisotopic (exact) mass is 363 g/mol. The van der Waals surface area contributed by atoms with Crippen LogP contribution in [-0.4, -0.2) is 35.7 Å². The van der Waals surface area contributed by atoms with E-state index < -0.39 is 11.5 Å². The van der Waals surface area contributed by atoms with E-state index >= 15 is 0 Å². The summed E-state index contributed by atoms with van der Waals surface area (Å²) in [5.41, 5.74) is -0.314. The number of aliphatic carboxylic acids is 1. The third-order valence-corrected chi connectivity index (χ3v) is 5.24. The van der Waals surface area contributed by atoms with Gasteiger partial charge >= 0.3 is 5.97 Å². The highest BCUT2D eigenvalue weighted by atomic mass is 16.5. The zero-order valence-corrected chi connectivity index (χ0v) is 15.8. The predicted molar refractivity (Wildman–Crippen MR) is 98.9 cm³/mol. The van der Waals surface area contributed by atoms with Crippen LogP contribution in [0.2, 0.25) is 0 Å². The Kier molecular flexibility index (Phi) is 6.89. The van der Waals surface area contributed by atoms with Crippen LogP contribution >= 0.6 is 0 Å². The molecule has 0 heterocycles. The van der Waals surface area contributed by atoms with Crippen molar-refractivity contribution in [1.82, 2.24) is 5.32 Å². The largest absolute Gasteiger partial charge is 0.493 e. The molecule has 0 bridgehead atoms. The lowest BCUT2D eigenvalue weighted by Crippen LogP contribution is -2.49. The van der Waals surface area contributed by atoms with Crippen LogP contribution in [0.3, 0.4) is 0 Å². The number of hydrogen-bond acceptors (Lipinski definition) is 4. The molecule has 1 amide bonds. The molecule has 0 saturated heterocycles. The molecule has 6 nitrogen and oxygen atoms in total. The van der Waals surface area contributed by atoms with Gasteiger partial charge in [0.15, 0.2) is 11.5 Å². The maximum absolute atomic E-state index is 12.7. The molecule has 1 aromatic rings. The number of nitrogens with one attached hydrogen (secondary N) is 1. The predicted octanol–water partition coefficient (Wildman–Crippen LogP) is 3.78. The standard InChI is InChI=1S/C20H29NO5/c1-4-20(5-2,13-18(22)23)21-19(24)14-10-11-16(25-3)17(12-14)26-15-8-6-7-9-15/h10-12,15H,4-9,13H2,1-3H3,(H,21,24)(H,22,23). The Morgan fingerprint density at radius 3 is 2.38 bits per heavy atom. The van der Waals surface area contributed by atoms with Gasteiger partial charge < -0.3 is 19.9 Å². The summed E-state index contributed by atoms with van der Waals surface area (Å²) in [7, 11) is 1.57. The first-order valence-electron chi connectivity index (χ1n) is 9.32. The molecule has 2 N–H and O–H groups in total. The zero-order valence-electron chi connectivity index (χ0n) is 15.8. The quantitative estimate of drug-likeness (QED) is 0.697. The van der Waals surface area contributed by atoms with Crippen molar-refractivity contribution >= 4 is 11.9 Å². The van der Waals surface area contributed by atoms with E-state index in [9.17, 15) is 14.7 Å². The number of carboxylic acids is 1. The number of carboxylic acid groups (broad SMARTS) is 1. The fourth-order valence-corrected chi connectivity index (χ4v) is 3.42. The zero-order chi connectivity index (χ0) is 19.2. The normalized spacial score (nSPS) is 14.9. The van der Waals surface area contributed by atoms with Crippen molar-refractivity contribution in [2.24, 2.45) is 0 Å². The summed E-state index contributed by atoms with van der Waals surface area (Å²) in [6.45, 7) is 3.77. The van der Waals surface area contributed by atoms with Gasteiger partial charge in [0.05, 0.1) is 25.2 Å². The molecule has 0 atom stereocenters. The van der Waals surface area contributed by atoms with Gasteiger partial charge in [0.1, 0.15) is 0 Å². The number of ether oxygens (including phenoxy) is 2. The lowest BCUT2D eigenvalue weighted by atomic mass is 9.88. The summed E-state index contributed by atoms with van der Waals surface area (Å²) >= 11 is 0. The number of rotatable bonds is 9. The summed E-state index contributed by atoms with van der Waals surface area (Å²) in [5.74, 6) is -0.0667. The van der Waals surface area contributed by atoms with Gasteiger partial charge in [-0.05, 0) is 56.7 Å². The molecule has 1 aromatic carbocycles. The summed E-state index contributed by atoms with van der Waals surface area (Å²) < 4.78 is 11.4. The smallest absolute Gasteiger partial charge is 0.305 e. The molecule has 2 rings (SSSR count). The van der Waals surface area contributed by atoms with Gasteiger partial charge in [-0.1, -0.05) is 13.8 Å². The van der Waals surface area contributed by atoms with Crippen molar-refractivity contribution in [2.75, 3.05) is 7.11 Å². The SMILES string of the molecule is CCC(CC)(CC(=O)O)NC(=O)c1ccc(OC)c(OC2CCCC2)c1.